The molecule has 2 aromatic carbocycles. The number of aromatic nitrogens is 3. The largest absolute Gasteiger partial charge is 0.416 e. The Kier molecular flexibility index (Phi) is 3.64. The summed E-state index contributed by atoms with van der Waals surface area (Å²) in [5, 5.41) is 0.319. The molecule has 0 radical (unpaired) electrons. The highest BCUT2D eigenvalue weighted by Crippen LogP contribution is 2.32. The number of hydrogen-bond acceptors (Lipinski definition) is 2. The quantitative estimate of drug-likeness (QED) is 0.552. The van der Waals surface area contributed by atoms with Crippen molar-refractivity contribution in [3.05, 3.63) is 76.8 Å². The normalized spacial score (nSPS) is 11.8. The van der Waals surface area contributed by atoms with Crippen LogP contribution in [0.5, 0.6) is 0 Å². The van der Waals surface area contributed by atoms with Crippen LogP contribution in [-0.4, -0.2) is 15.0 Å². The van der Waals surface area contributed by atoms with E-state index in [1.165, 1.54) is 6.07 Å². The number of hydrogen-bond donors (Lipinski definition) is 2. The third kappa shape index (κ3) is 2.88. The van der Waals surface area contributed by atoms with E-state index in [2.05, 4.69) is 15.0 Å². The van der Waals surface area contributed by atoms with Gasteiger partial charge in [-0.15, -0.1) is 0 Å². The van der Waals surface area contributed by atoms with E-state index in [4.69, 9.17) is 0 Å². The SMILES string of the molecule is O=c1[nH]c(-c2cc[nH]c2)nc2ccc(-c3cccc(C(F)(F)F)c3)cc12. The van der Waals surface area contributed by atoms with Gasteiger partial charge in [0.05, 0.1) is 16.5 Å². The fraction of sp³-hybridized carbons (Fsp3) is 0.0526. The first-order chi connectivity index (χ1) is 12.4. The summed E-state index contributed by atoms with van der Waals surface area (Å²) in [4.78, 5) is 22.4. The van der Waals surface area contributed by atoms with Crippen LogP contribution in [0.4, 0.5) is 13.2 Å². The minimum Gasteiger partial charge on any atom is -0.367 e. The standard InChI is InChI=1S/C19H12F3N3O/c20-19(21,22)14-3-1-2-11(8-14)12-4-5-16-15(9-12)18(26)25-17(24-16)13-6-7-23-10-13/h1-10,23H,(H,24,25,26). The highest BCUT2D eigenvalue weighted by molar-refractivity contribution is 5.85. The van der Waals surface area contributed by atoms with Crippen LogP contribution in [-0.2, 0) is 6.18 Å². The van der Waals surface area contributed by atoms with Crippen molar-refractivity contribution in [2.75, 3.05) is 0 Å². The summed E-state index contributed by atoms with van der Waals surface area (Å²) in [6.07, 6.45) is -0.991. The van der Waals surface area contributed by atoms with Crippen molar-refractivity contribution in [3.8, 4) is 22.5 Å². The minimum atomic E-state index is -4.42. The van der Waals surface area contributed by atoms with E-state index < -0.39 is 11.7 Å². The van der Waals surface area contributed by atoms with Crippen LogP contribution in [0.15, 0.2) is 65.7 Å². The molecule has 2 heterocycles. The van der Waals surface area contributed by atoms with Gasteiger partial charge in [0.2, 0.25) is 0 Å². The topological polar surface area (TPSA) is 61.5 Å². The maximum absolute atomic E-state index is 12.9. The van der Waals surface area contributed by atoms with Crippen LogP contribution >= 0.6 is 0 Å². The lowest BCUT2D eigenvalue weighted by molar-refractivity contribution is -0.137. The molecule has 7 heteroatoms. The molecule has 4 rings (SSSR count). The molecule has 0 aliphatic rings. The molecule has 26 heavy (non-hydrogen) atoms. The second-order valence-corrected chi connectivity index (χ2v) is 5.82. The summed E-state index contributed by atoms with van der Waals surface area (Å²) in [6.45, 7) is 0. The number of benzene rings is 2. The first kappa shape index (κ1) is 16.1. The highest BCUT2D eigenvalue weighted by Gasteiger charge is 2.30. The molecule has 0 saturated carbocycles. The molecule has 4 nitrogen and oxygen atoms in total. The molecule has 4 aromatic rings. The monoisotopic (exact) mass is 355 g/mol. The van der Waals surface area contributed by atoms with E-state index in [1.807, 2.05) is 0 Å². The fourth-order valence-corrected chi connectivity index (χ4v) is 2.80. The van der Waals surface area contributed by atoms with Gasteiger partial charge in [0.15, 0.2) is 0 Å². The fourth-order valence-electron chi connectivity index (χ4n) is 2.80. The smallest absolute Gasteiger partial charge is 0.367 e. The Morgan fingerprint density at radius 3 is 2.46 bits per heavy atom. The lowest BCUT2D eigenvalue weighted by atomic mass is 10.0. The third-order valence-corrected chi connectivity index (χ3v) is 4.10. The first-order valence-corrected chi connectivity index (χ1v) is 7.77. The average molecular weight is 355 g/mol. The second kappa shape index (κ2) is 5.87. The molecule has 0 aliphatic heterocycles. The Labute approximate surface area is 145 Å². The second-order valence-electron chi connectivity index (χ2n) is 5.82. The summed E-state index contributed by atoms with van der Waals surface area (Å²) >= 11 is 0. The minimum absolute atomic E-state index is 0.319. The molecule has 0 atom stereocenters. The van der Waals surface area contributed by atoms with Crippen molar-refractivity contribution in [1.29, 1.82) is 0 Å². The van der Waals surface area contributed by atoms with Gasteiger partial charge in [0.25, 0.3) is 5.56 Å². The van der Waals surface area contributed by atoms with Crippen LogP contribution in [0.25, 0.3) is 33.4 Å². The Hall–Kier alpha value is -3.35. The summed E-state index contributed by atoms with van der Waals surface area (Å²) < 4.78 is 38.7. The Morgan fingerprint density at radius 1 is 0.923 bits per heavy atom. The van der Waals surface area contributed by atoms with Gasteiger partial charge in [-0.2, -0.15) is 13.2 Å². The zero-order chi connectivity index (χ0) is 18.3. The summed E-state index contributed by atoms with van der Waals surface area (Å²) in [7, 11) is 0. The Balaban J connectivity index is 1.83. The van der Waals surface area contributed by atoms with Crippen molar-refractivity contribution in [2.45, 2.75) is 6.18 Å². The molecule has 2 N–H and O–H groups in total. The van der Waals surface area contributed by atoms with Gasteiger partial charge in [0.1, 0.15) is 5.82 Å². The molecule has 2 aromatic heterocycles. The summed E-state index contributed by atoms with van der Waals surface area (Å²) in [6, 6.07) is 11.6. The van der Waals surface area contributed by atoms with Crippen molar-refractivity contribution in [3.63, 3.8) is 0 Å². The van der Waals surface area contributed by atoms with E-state index in [0.29, 0.717) is 27.9 Å². The van der Waals surface area contributed by atoms with E-state index in [9.17, 15) is 18.0 Å². The van der Waals surface area contributed by atoms with Crippen molar-refractivity contribution in [2.24, 2.45) is 0 Å². The van der Waals surface area contributed by atoms with Crippen LogP contribution in [0, 0.1) is 0 Å². The molecule has 0 saturated heterocycles. The van der Waals surface area contributed by atoms with E-state index in [0.717, 1.165) is 17.7 Å². The molecule has 0 spiro atoms. The van der Waals surface area contributed by atoms with Gasteiger partial charge in [-0.1, -0.05) is 18.2 Å². The highest BCUT2D eigenvalue weighted by atomic mass is 19.4. The molecule has 0 amide bonds. The Morgan fingerprint density at radius 2 is 1.73 bits per heavy atom. The zero-order valence-corrected chi connectivity index (χ0v) is 13.3. The van der Waals surface area contributed by atoms with E-state index in [-0.39, 0.29) is 5.56 Å². The molecular weight excluding hydrogens is 343 g/mol. The number of H-pyrrole nitrogens is 2. The number of alkyl halides is 3. The third-order valence-electron chi connectivity index (χ3n) is 4.10. The van der Waals surface area contributed by atoms with Crippen molar-refractivity contribution in [1.82, 2.24) is 15.0 Å². The molecule has 0 unspecified atom stereocenters. The van der Waals surface area contributed by atoms with Crippen molar-refractivity contribution >= 4 is 10.9 Å². The number of fused-ring (bicyclic) bond motifs is 1. The van der Waals surface area contributed by atoms with Crippen molar-refractivity contribution < 1.29 is 13.2 Å². The number of nitrogens with one attached hydrogen (secondary N) is 2. The van der Waals surface area contributed by atoms with Crippen LogP contribution in [0.3, 0.4) is 0 Å². The lowest BCUT2D eigenvalue weighted by Gasteiger charge is -2.09. The lowest BCUT2D eigenvalue weighted by Crippen LogP contribution is -2.09. The summed E-state index contributed by atoms with van der Waals surface area (Å²) in [5.41, 5.74) is 1.04. The van der Waals surface area contributed by atoms with Crippen LogP contribution in [0.2, 0.25) is 0 Å². The van der Waals surface area contributed by atoms with Crippen LogP contribution in [0.1, 0.15) is 5.56 Å². The maximum atomic E-state index is 12.9. The summed E-state index contributed by atoms with van der Waals surface area (Å²) in [5.74, 6) is 0.426. The molecule has 0 bridgehead atoms. The average Bonchev–Trinajstić information content (AvgIpc) is 3.15. The maximum Gasteiger partial charge on any atom is 0.416 e. The number of rotatable bonds is 2. The van der Waals surface area contributed by atoms with Gasteiger partial charge < -0.3 is 9.97 Å². The molecule has 130 valence electrons. The van der Waals surface area contributed by atoms with Gasteiger partial charge in [-0.3, -0.25) is 4.79 Å². The predicted octanol–water partition coefficient (Wildman–Crippen LogP) is 4.60. The number of aromatic amines is 2. The van der Waals surface area contributed by atoms with E-state index >= 15 is 0 Å². The predicted molar refractivity (Wildman–Crippen MR) is 92.6 cm³/mol. The van der Waals surface area contributed by atoms with Gasteiger partial charge in [0, 0.05) is 18.0 Å². The van der Waals surface area contributed by atoms with Gasteiger partial charge in [-0.25, -0.2) is 4.98 Å². The van der Waals surface area contributed by atoms with E-state index in [1.54, 1.807) is 42.7 Å². The molecule has 0 aliphatic carbocycles. The zero-order valence-electron chi connectivity index (χ0n) is 13.3. The first-order valence-electron chi connectivity index (χ1n) is 7.77. The van der Waals surface area contributed by atoms with Crippen LogP contribution < -0.4 is 5.56 Å². The molecular formula is C19H12F3N3O. The Bertz CT molecular complexity index is 1140. The number of nitrogens with zero attached hydrogens (tertiary/aromatic N) is 1. The molecule has 0 fully saturated rings. The van der Waals surface area contributed by atoms with Gasteiger partial charge >= 0.3 is 6.18 Å². The number of halogens is 3. The van der Waals surface area contributed by atoms with Gasteiger partial charge in [-0.05, 0) is 41.5 Å².